The first-order valence-corrected chi connectivity index (χ1v) is 6.70. The van der Waals surface area contributed by atoms with Crippen LogP contribution in [0.2, 0.25) is 0 Å². The number of nitrogens with zero attached hydrogens (tertiary/aromatic N) is 2. The lowest BCUT2D eigenvalue weighted by Crippen LogP contribution is -2.11. The molecule has 2 rings (SSSR count). The Hall–Kier alpha value is -2.24. The molecule has 0 saturated carbocycles. The summed E-state index contributed by atoms with van der Waals surface area (Å²) in [5.74, 6) is 1.63. The van der Waals surface area contributed by atoms with Gasteiger partial charge in [0.15, 0.2) is 0 Å². The molecule has 0 aliphatic rings. The van der Waals surface area contributed by atoms with E-state index in [0.29, 0.717) is 24.1 Å². The molecule has 0 spiro atoms. The Labute approximate surface area is 118 Å². The number of hydrogen-bond donors (Lipinski definition) is 3. The molecule has 1 atom stereocenters. The van der Waals surface area contributed by atoms with Gasteiger partial charge in [-0.1, -0.05) is 13.8 Å². The average molecular weight is 275 g/mol. The van der Waals surface area contributed by atoms with Crippen molar-refractivity contribution in [1.82, 2.24) is 15.2 Å². The van der Waals surface area contributed by atoms with Crippen molar-refractivity contribution in [2.45, 2.75) is 26.8 Å². The van der Waals surface area contributed by atoms with Gasteiger partial charge in [0.2, 0.25) is 5.88 Å². The van der Waals surface area contributed by atoms with Gasteiger partial charge in [-0.05, 0) is 25.0 Å². The van der Waals surface area contributed by atoms with Gasteiger partial charge in [0.25, 0.3) is 0 Å². The Balaban J connectivity index is 2.06. The molecular weight excluding hydrogens is 254 g/mol. The van der Waals surface area contributed by atoms with Crippen molar-refractivity contribution < 1.29 is 4.74 Å². The lowest BCUT2D eigenvalue weighted by molar-refractivity contribution is 0.263. The zero-order chi connectivity index (χ0) is 14.5. The standard InChI is InChI=1S/C14H21N5O/c1-9(2)8-20-14-12(15)4-5-13(19-14)18-10(3)11-6-16-17-7-11/h4-7,9-10H,8,15H2,1-3H3,(H,16,17)(H,18,19). The van der Waals surface area contributed by atoms with Gasteiger partial charge in [-0.15, -0.1) is 0 Å². The molecule has 0 amide bonds. The molecule has 0 aliphatic carbocycles. The van der Waals surface area contributed by atoms with E-state index in [1.165, 1.54) is 0 Å². The molecule has 2 heterocycles. The van der Waals surface area contributed by atoms with Crippen molar-refractivity contribution in [2.75, 3.05) is 17.7 Å². The van der Waals surface area contributed by atoms with Crippen molar-refractivity contribution in [3.63, 3.8) is 0 Å². The van der Waals surface area contributed by atoms with Crippen molar-refractivity contribution >= 4 is 11.5 Å². The molecule has 0 aromatic carbocycles. The first-order valence-electron chi connectivity index (χ1n) is 6.70. The largest absolute Gasteiger partial charge is 0.476 e. The Morgan fingerprint density at radius 1 is 1.35 bits per heavy atom. The fourth-order valence-corrected chi connectivity index (χ4v) is 1.70. The Morgan fingerprint density at radius 2 is 2.15 bits per heavy atom. The number of nitrogens with two attached hydrogens (primary N) is 1. The Kier molecular flexibility index (Phi) is 4.45. The first-order chi connectivity index (χ1) is 9.56. The number of ether oxygens (including phenoxy) is 1. The highest BCUT2D eigenvalue weighted by Crippen LogP contribution is 2.24. The second-order valence-corrected chi connectivity index (χ2v) is 5.19. The Morgan fingerprint density at radius 3 is 2.80 bits per heavy atom. The van der Waals surface area contributed by atoms with E-state index < -0.39 is 0 Å². The van der Waals surface area contributed by atoms with E-state index in [4.69, 9.17) is 10.5 Å². The van der Waals surface area contributed by atoms with Gasteiger partial charge >= 0.3 is 0 Å². The number of aromatic amines is 1. The number of hydrogen-bond acceptors (Lipinski definition) is 5. The summed E-state index contributed by atoms with van der Waals surface area (Å²) in [6.07, 6.45) is 3.64. The van der Waals surface area contributed by atoms with Gasteiger partial charge in [-0.2, -0.15) is 10.1 Å². The minimum Gasteiger partial charge on any atom is -0.476 e. The molecule has 6 nitrogen and oxygen atoms in total. The van der Waals surface area contributed by atoms with Gasteiger partial charge in [0.1, 0.15) is 5.82 Å². The van der Waals surface area contributed by atoms with E-state index in [1.54, 1.807) is 12.3 Å². The maximum absolute atomic E-state index is 5.87. The Bertz CT molecular complexity index is 539. The van der Waals surface area contributed by atoms with Crippen LogP contribution in [0.4, 0.5) is 11.5 Å². The van der Waals surface area contributed by atoms with Crippen molar-refractivity contribution in [3.05, 3.63) is 30.1 Å². The zero-order valence-electron chi connectivity index (χ0n) is 12.1. The third-order valence-electron chi connectivity index (χ3n) is 2.83. The minimum atomic E-state index is 0.0998. The number of nitrogens with one attached hydrogen (secondary N) is 2. The summed E-state index contributed by atoms with van der Waals surface area (Å²) in [6, 6.07) is 3.74. The van der Waals surface area contributed by atoms with Gasteiger partial charge in [0.05, 0.1) is 24.5 Å². The summed E-state index contributed by atoms with van der Waals surface area (Å²) in [6.45, 7) is 6.80. The fraction of sp³-hybridized carbons (Fsp3) is 0.429. The lowest BCUT2D eigenvalue weighted by Gasteiger charge is -2.15. The molecule has 2 aromatic heterocycles. The normalized spacial score (nSPS) is 12.4. The number of H-pyrrole nitrogens is 1. The van der Waals surface area contributed by atoms with E-state index >= 15 is 0 Å². The van der Waals surface area contributed by atoms with Gasteiger partial charge in [-0.25, -0.2) is 0 Å². The van der Waals surface area contributed by atoms with Crippen molar-refractivity contribution in [1.29, 1.82) is 0 Å². The third kappa shape index (κ3) is 3.63. The summed E-state index contributed by atoms with van der Waals surface area (Å²) in [5.41, 5.74) is 7.48. The number of aromatic nitrogens is 3. The number of nitrogen functional groups attached to an aromatic ring is 1. The quantitative estimate of drug-likeness (QED) is 0.754. The number of rotatable bonds is 6. The maximum atomic E-state index is 5.87. The SMILES string of the molecule is CC(C)COc1nc(NC(C)c2cn[nH]c2)ccc1N. The molecule has 6 heteroatoms. The lowest BCUT2D eigenvalue weighted by atomic mass is 10.2. The van der Waals surface area contributed by atoms with Crippen LogP contribution in [-0.4, -0.2) is 21.8 Å². The van der Waals surface area contributed by atoms with Crippen LogP contribution in [0.1, 0.15) is 32.4 Å². The van der Waals surface area contributed by atoms with Crippen molar-refractivity contribution in [3.8, 4) is 5.88 Å². The predicted molar refractivity (Wildman–Crippen MR) is 79.6 cm³/mol. The first kappa shape index (κ1) is 14.2. The maximum Gasteiger partial charge on any atom is 0.239 e. The topological polar surface area (TPSA) is 88.8 Å². The van der Waals surface area contributed by atoms with Crippen LogP contribution in [0.15, 0.2) is 24.5 Å². The van der Waals surface area contributed by atoms with E-state index in [2.05, 4.69) is 34.3 Å². The van der Waals surface area contributed by atoms with E-state index in [1.807, 2.05) is 19.2 Å². The second-order valence-electron chi connectivity index (χ2n) is 5.19. The van der Waals surface area contributed by atoms with E-state index in [9.17, 15) is 0 Å². The van der Waals surface area contributed by atoms with E-state index in [-0.39, 0.29) is 6.04 Å². The molecule has 0 saturated heterocycles. The summed E-state index contributed by atoms with van der Waals surface area (Å²) in [5, 5.41) is 10.0. The minimum absolute atomic E-state index is 0.0998. The highest BCUT2D eigenvalue weighted by atomic mass is 16.5. The molecule has 0 aliphatic heterocycles. The van der Waals surface area contributed by atoms with Crippen LogP contribution in [0.25, 0.3) is 0 Å². The van der Waals surface area contributed by atoms with E-state index in [0.717, 1.165) is 11.4 Å². The number of anilines is 2. The van der Waals surface area contributed by atoms with Gasteiger partial charge < -0.3 is 15.8 Å². The summed E-state index contributed by atoms with van der Waals surface area (Å²) in [4.78, 5) is 4.41. The number of pyridine rings is 1. The van der Waals surface area contributed by atoms with Gasteiger partial charge in [0, 0.05) is 11.8 Å². The second kappa shape index (κ2) is 6.27. The third-order valence-corrected chi connectivity index (χ3v) is 2.83. The summed E-state index contributed by atoms with van der Waals surface area (Å²) in [7, 11) is 0. The zero-order valence-corrected chi connectivity index (χ0v) is 12.1. The van der Waals surface area contributed by atoms with Crippen LogP contribution in [0, 0.1) is 5.92 Å². The van der Waals surface area contributed by atoms with Crippen LogP contribution >= 0.6 is 0 Å². The van der Waals surface area contributed by atoms with Crippen molar-refractivity contribution in [2.24, 2.45) is 5.92 Å². The fourth-order valence-electron chi connectivity index (χ4n) is 1.70. The molecule has 1 unspecified atom stereocenters. The smallest absolute Gasteiger partial charge is 0.239 e. The van der Waals surface area contributed by atoms with Gasteiger partial charge in [-0.3, -0.25) is 5.10 Å². The predicted octanol–water partition coefficient (Wildman–Crippen LogP) is 2.59. The molecule has 4 N–H and O–H groups in total. The monoisotopic (exact) mass is 275 g/mol. The summed E-state index contributed by atoms with van der Waals surface area (Å²) < 4.78 is 5.62. The average Bonchev–Trinajstić information content (AvgIpc) is 2.93. The molecule has 0 radical (unpaired) electrons. The molecule has 20 heavy (non-hydrogen) atoms. The summed E-state index contributed by atoms with van der Waals surface area (Å²) >= 11 is 0. The molecule has 108 valence electrons. The van der Waals surface area contributed by atoms with Crippen LogP contribution in [0.5, 0.6) is 5.88 Å². The highest BCUT2D eigenvalue weighted by molar-refractivity contribution is 5.54. The van der Waals surface area contributed by atoms with Crippen LogP contribution in [-0.2, 0) is 0 Å². The molecular formula is C14H21N5O. The molecule has 0 fully saturated rings. The van der Waals surface area contributed by atoms with Crippen LogP contribution < -0.4 is 15.8 Å². The highest BCUT2D eigenvalue weighted by Gasteiger charge is 2.10. The molecule has 0 bridgehead atoms. The molecule has 2 aromatic rings. The van der Waals surface area contributed by atoms with Crippen LogP contribution in [0.3, 0.4) is 0 Å².